The molecule has 0 fully saturated rings. The van der Waals surface area contributed by atoms with Crippen LogP contribution in [0.15, 0.2) is 42.5 Å². The molecular formula is C21H18ClNO3. The number of nitrogens with zero attached hydrogens (tertiary/aromatic N) is 1. The monoisotopic (exact) mass is 367 g/mol. The van der Waals surface area contributed by atoms with Crippen molar-refractivity contribution in [1.29, 1.82) is 0 Å². The van der Waals surface area contributed by atoms with Gasteiger partial charge < -0.3 is 0 Å². The number of carbonyl (C=O) groups excluding carboxylic acids is 2. The van der Waals surface area contributed by atoms with Crippen molar-refractivity contribution < 1.29 is 14.4 Å². The van der Waals surface area contributed by atoms with Crippen LogP contribution >= 0.6 is 11.6 Å². The van der Waals surface area contributed by atoms with Crippen molar-refractivity contribution in [2.75, 3.05) is 0 Å². The molecule has 0 saturated heterocycles. The van der Waals surface area contributed by atoms with Gasteiger partial charge in [-0.3, -0.25) is 14.4 Å². The van der Waals surface area contributed by atoms with Gasteiger partial charge in [0.15, 0.2) is 0 Å². The zero-order valence-corrected chi connectivity index (χ0v) is 15.6. The molecular weight excluding hydrogens is 350 g/mol. The lowest BCUT2D eigenvalue weighted by molar-refractivity contribution is -0.101. The molecule has 0 N–H and O–H groups in total. The highest BCUT2D eigenvalue weighted by atomic mass is 35.5. The first-order valence-electron chi connectivity index (χ1n) is 8.18. The van der Waals surface area contributed by atoms with Gasteiger partial charge in [0.2, 0.25) is 0 Å². The van der Waals surface area contributed by atoms with Gasteiger partial charge in [0.05, 0.1) is 11.1 Å². The molecule has 1 heterocycles. The number of benzene rings is 2. The highest BCUT2D eigenvalue weighted by Gasteiger charge is 2.36. The molecule has 0 radical (unpaired) electrons. The normalized spacial score (nSPS) is 13.5. The van der Waals surface area contributed by atoms with Gasteiger partial charge in [-0.1, -0.05) is 35.6 Å². The summed E-state index contributed by atoms with van der Waals surface area (Å²) in [7, 11) is 0. The zero-order chi connectivity index (χ0) is 18.9. The maximum Gasteiger partial charge on any atom is 0.285 e. The fourth-order valence-electron chi connectivity index (χ4n) is 2.44. The van der Waals surface area contributed by atoms with Crippen molar-refractivity contribution in [3.05, 3.63) is 69.7 Å². The number of fused-ring (bicyclic) bond motifs is 1. The Balaban J connectivity index is 1.77. The summed E-state index contributed by atoms with van der Waals surface area (Å²) in [6.45, 7) is 6.09. The molecule has 4 nitrogen and oxygen atoms in total. The minimum atomic E-state index is -0.467. The van der Waals surface area contributed by atoms with E-state index in [1.807, 2.05) is 26.8 Å². The number of hydrogen-bond donors (Lipinski definition) is 0. The number of hydrogen-bond acceptors (Lipinski definition) is 3. The summed E-state index contributed by atoms with van der Waals surface area (Å²) in [4.78, 5) is 30.1. The molecule has 2 aromatic rings. The second-order valence-corrected chi connectivity index (χ2v) is 7.44. The van der Waals surface area contributed by atoms with E-state index >= 15 is 0 Å². The first kappa shape index (κ1) is 18.2. The van der Waals surface area contributed by atoms with Gasteiger partial charge in [-0.25, -0.2) is 0 Å². The maximum atomic E-state index is 12.3. The standard InChI is InChI=1S/C21H18ClNO3/c1-21(2,3)11-10-14-8-9-18(22)15(12-14)13-26-23-19(24)16-6-4-5-7-17(16)20(23)25/h4-9,12H,13H2,1-3H3. The number of rotatable bonds is 3. The molecule has 0 atom stereocenters. The van der Waals surface area contributed by atoms with Crippen LogP contribution in [0.5, 0.6) is 0 Å². The molecule has 3 rings (SSSR count). The number of halogens is 1. The van der Waals surface area contributed by atoms with E-state index in [0.29, 0.717) is 21.7 Å². The molecule has 0 saturated carbocycles. The third kappa shape index (κ3) is 3.80. The van der Waals surface area contributed by atoms with Crippen LogP contribution in [0.1, 0.15) is 52.6 Å². The number of hydroxylamine groups is 2. The summed E-state index contributed by atoms with van der Waals surface area (Å²) < 4.78 is 0. The third-order valence-corrected chi connectivity index (χ3v) is 4.10. The van der Waals surface area contributed by atoms with E-state index in [-0.39, 0.29) is 12.0 Å². The van der Waals surface area contributed by atoms with Crippen molar-refractivity contribution >= 4 is 23.4 Å². The Labute approximate surface area is 157 Å². The number of amides is 2. The third-order valence-electron chi connectivity index (χ3n) is 3.73. The highest BCUT2D eigenvalue weighted by molar-refractivity contribution is 6.31. The lowest BCUT2D eigenvalue weighted by Crippen LogP contribution is -2.29. The van der Waals surface area contributed by atoms with Crippen LogP contribution in [0.4, 0.5) is 0 Å². The van der Waals surface area contributed by atoms with E-state index in [9.17, 15) is 9.59 Å². The molecule has 2 amide bonds. The van der Waals surface area contributed by atoms with E-state index in [0.717, 1.165) is 10.6 Å². The van der Waals surface area contributed by atoms with E-state index < -0.39 is 11.8 Å². The summed E-state index contributed by atoms with van der Waals surface area (Å²) in [5, 5.41) is 1.28. The second-order valence-electron chi connectivity index (χ2n) is 7.03. The summed E-state index contributed by atoms with van der Waals surface area (Å²) in [6, 6.07) is 12.0. The number of carbonyl (C=O) groups is 2. The van der Waals surface area contributed by atoms with Gasteiger partial charge in [0.1, 0.15) is 6.61 Å². The molecule has 0 bridgehead atoms. The fraction of sp³-hybridized carbons (Fsp3) is 0.238. The molecule has 0 aliphatic carbocycles. The smallest absolute Gasteiger partial charge is 0.266 e. The minimum absolute atomic E-state index is 0.00462. The Bertz CT molecular complexity index is 913. The Kier molecular flexibility index (Phi) is 4.86. The van der Waals surface area contributed by atoms with Gasteiger partial charge in [-0.2, -0.15) is 0 Å². The minimum Gasteiger partial charge on any atom is -0.266 e. The Morgan fingerprint density at radius 3 is 2.23 bits per heavy atom. The highest BCUT2D eigenvalue weighted by Crippen LogP contribution is 2.25. The van der Waals surface area contributed by atoms with Crippen LogP contribution in [-0.2, 0) is 11.4 Å². The maximum absolute atomic E-state index is 12.3. The van der Waals surface area contributed by atoms with Crippen molar-refractivity contribution in [3.63, 3.8) is 0 Å². The summed E-state index contributed by atoms with van der Waals surface area (Å²) >= 11 is 6.22. The van der Waals surface area contributed by atoms with Crippen molar-refractivity contribution in [3.8, 4) is 11.8 Å². The van der Waals surface area contributed by atoms with Crippen LogP contribution < -0.4 is 0 Å². The lowest BCUT2D eigenvalue weighted by Gasteiger charge is -2.14. The van der Waals surface area contributed by atoms with Crippen LogP contribution in [0.25, 0.3) is 0 Å². The Hall–Kier alpha value is -2.61. The molecule has 2 aromatic carbocycles. The average molecular weight is 368 g/mol. The zero-order valence-electron chi connectivity index (χ0n) is 14.8. The SMILES string of the molecule is CC(C)(C)C#Cc1ccc(Cl)c(CON2C(=O)c3ccccc3C2=O)c1. The molecule has 132 valence electrons. The predicted molar refractivity (Wildman–Crippen MR) is 99.5 cm³/mol. The topological polar surface area (TPSA) is 46.6 Å². The van der Waals surface area contributed by atoms with Crippen LogP contribution in [0, 0.1) is 17.3 Å². The average Bonchev–Trinajstić information content (AvgIpc) is 2.84. The summed E-state index contributed by atoms with van der Waals surface area (Å²) in [5.41, 5.74) is 2.02. The molecule has 5 heteroatoms. The molecule has 26 heavy (non-hydrogen) atoms. The van der Waals surface area contributed by atoms with Gasteiger partial charge in [-0.05, 0) is 51.1 Å². The Morgan fingerprint density at radius 1 is 1.04 bits per heavy atom. The quantitative estimate of drug-likeness (QED) is 0.594. The molecule has 0 unspecified atom stereocenters. The Morgan fingerprint density at radius 2 is 1.65 bits per heavy atom. The van der Waals surface area contributed by atoms with Crippen molar-refractivity contribution in [2.45, 2.75) is 27.4 Å². The van der Waals surface area contributed by atoms with Gasteiger partial charge in [0, 0.05) is 21.6 Å². The van der Waals surface area contributed by atoms with Gasteiger partial charge in [0.25, 0.3) is 11.8 Å². The van der Waals surface area contributed by atoms with Crippen molar-refractivity contribution in [2.24, 2.45) is 5.41 Å². The summed E-state index contributed by atoms with van der Waals surface area (Å²) in [6.07, 6.45) is 0. The first-order valence-corrected chi connectivity index (χ1v) is 8.56. The van der Waals surface area contributed by atoms with E-state index in [1.54, 1.807) is 36.4 Å². The van der Waals surface area contributed by atoms with E-state index in [1.165, 1.54) is 0 Å². The van der Waals surface area contributed by atoms with Crippen LogP contribution in [-0.4, -0.2) is 16.9 Å². The van der Waals surface area contributed by atoms with Crippen molar-refractivity contribution in [1.82, 2.24) is 5.06 Å². The second kappa shape index (κ2) is 6.95. The predicted octanol–water partition coefficient (Wildman–Crippen LogP) is 4.47. The lowest BCUT2D eigenvalue weighted by atomic mass is 9.97. The first-order chi connectivity index (χ1) is 12.3. The molecule has 0 spiro atoms. The van der Waals surface area contributed by atoms with E-state index in [4.69, 9.17) is 16.4 Å². The largest absolute Gasteiger partial charge is 0.285 e. The fourth-order valence-corrected chi connectivity index (χ4v) is 2.61. The van der Waals surface area contributed by atoms with Crippen LogP contribution in [0.2, 0.25) is 5.02 Å². The number of imide groups is 1. The molecule has 1 aliphatic heterocycles. The molecule has 0 aromatic heterocycles. The van der Waals surface area contributed by atoms with Crippen LogP contribution in [0.3, 0.4) is 0 Å². The van der Waals surface area contributed by atoms with E-state index in [2.05, 4.69) is 11.8 Å². The van der Waals surface area contributed by atoms with Gasteiger partial charge >= 0.3 is 0 Å². The summed E-state index contributed by atoms with van der Waals surface area (Å²) in [5.74, 6) is 5.32. The van der Waals surface area contributed by atoms with Gasteiger partial charge in [-0.15, -0.1) is 5.06 Å². The molecule has 1 aliphatic rings.